The first-order valence-electron chi connectivity index (χ1n) is 6.08. The van der Waals surface area contributed by atoms with Gasteiger partial charge in [-0.1, -0.05) is 0 Å². The van der Waals surface area contributed by atoms with Gasteiger partial charge in [-0.15, -0.1) is 0 Å². The van der Waals surface area contributed by atoms with E-state index in [9.17, 15) is 9.50 Å². The first-order chi connectivity index (χ1) is 8.96. The van der Waals surface area contributed by atoms with Crippen molar-refractivity contribution in [3.8, 4) is 6.07 Å². The van der Waals surface area contributed by atoms with Crippen LogP contribution in [0.1, 0.15) is 24.5 Å². The number of methoxy groups -OCH3 is 1. The lowest BCUT2D eigenvalue weighted by Gasteiger charge is -2.23. The second-order valence-corrected chi connectivity index (χ2v) is 4.80. The summed E-state index contributed by atoms with van der Waals surface area (Å²) in [5, 5.41) is 21.8. The lowest BCUT2D eigenvalue weighted by Crippen LogP contribution is -2.38. The Morgan fingerprint density at radius 1 is 1.47 bits per heavy atom. The zero-order chi connectivity index (χ0) is 14.3. The van der Waals surface area contributed by atoms with Gasteiger partial charge < -0.3 is 15.2 Å². The van der Waals surface area contributed by atoms with Crippen LogP contribution in [0, 0.1) is 17.1 Å². The van der Waals surface area contributed by atoms with Crippen LogP contribution < -0.4 is 5.32 Å². The molecule has 5 heteroatoms. The van der Waals surface area contributed by atoms with E-state index < -0.39 is 11.4 Å². The fraction of sp³-hybridized carbons (Fsp3) is 0.500. The van der Waals surface area contributed by atoms with Gasteiger partial charge in [-0.2, -0.15) is 5.26 Å². The van der Waals surface area contributed by atoms with E-state index in [0.29, 0.717) is 37.2 Å². The van der Waals surface area contributed by atoms with Gasteiger partial charge in [-0.25, -0.2) is 4.39 Å². The maximum Gasteiger partial charge on any atom is 0.124 e. The monoisotopic (exact) mass is 266 g/mol. The number of nitrogens with zero attached hydrogens (tertiary/aromatic N) is 1. The Morgan fingerprint density at radius 3 is 2.84 bits per heavy atom. The van der Waals surface area contributed by atoms with E-state index in [4.69, 9.17) is 10.00 Å². The predicted molar refractivity (Wildman–Crippen MR) is 69.9 cm³/mol. The van der Waals surface area contributed by atoms with E-state index in [-0.39, 0.29) is 0 Å². The molecule has 2 N–H and O–H groups in total. The minimum Gasteiger partial charge on any atom is -0.389 e. The van der Waals surface area contributed by atoms with Crippen molar-refractivity contribution in [1.29, 1.82) is 5.26 Å². The van der Waals surface area contributed by atoms with Gasteiger partial charge in [-0.05, 0) is 30.7 Å². The van der Waals surface area contributed by atoms with Crippen LogP contribution in [0.5, 0.6) is 0 Å². The molecule has 0 saturated carbocycles. The summed E-state index contributed by atoms with van der Waals surface area (Å²) in [5.74, 6) is -0.429. The summed E-state index contributed by atoms with van der Waals surface area (Å²) in [5.41, 5.74) is 0.100. The SMILES string of the molecule is COCCC(C)(O)CNCc1cc(F)cc(C#N)c1. The summed E-state index contributed by atoms with van der Waals surface area (Å²) in [6, 6.07) is 6.10. The highest BCUT2D eigenvalue weighted by Gasteiger charge is 2.19. The van der Waals surface area contributed by atoms with E-state index in [1.54, 1.807) is 20.1 Å². The second-order valence-electron chi connectivity index (χ2n) is 4.80. The van der Waals surface area contributed by atoms with Gasteiger partial charge in [0.2, 0.25) is 0 Å². The van der Waals surface area contributed by atoms with Crippen molar-refractivity contribution in [2.45, 2.75) is 25.5 Å². The lowest BCUT2D eigenvalue weighted by atomic mass is 10.0. The highest BCUT2D eigenvalue weighted by Crippen LogP contribution is 2.10. The third-order valence-corrected chi connectivity index (χ3v) is 2.77. The van der Waals surface area contributed by atoms with Crippen molar-refractivity contribution in [2.75, 3.05) is 20.3 Å². The molecule has 0 heterocycles. The van der Waals surface area contributed by atoms with E-state index in [2.05, 4.69) is 5.32 Å². The molecule has 1 unspecified atom stereocenters. The molecule has 1 atom stereocenters. The fourth-order valence-corrected chi connectivity index (χ4v) is 1.70. The van der Waals surface area contributed by atoms with Crippen LogP contribution in [0.15, 0.2) is 18.2 Å². The van der Waals surface area contributed by atoms with E-state index in [1.165, 1.54) is 12.1 Å². The van der Waals surface area contributed by atoms with Crippen molar-refractivity contribution in [3.05, 3.63) is 35.1 Å². The fourth-order valence-electron chi connectivity index (χ4n) is 1.70. The number of halogens is 1. The van der Waals surface area contributed by atoms with Crippen LogP contribution in [0.2, 0.25) is 0 Å². The van der Waals surface area contributed by atoms with Crippen LogP contribution in [0.4, 0.5) is 4.39 Å². The van der Waals surface area contributed by atoms with E-state index in [0.717, 1.165) is 0 Å². The summed E-state index contributed by atoms with van der Waals surface area (Å²) in [7, 11) is 1.58. The minimum absolute atomic E-state index is 0.294. The van der Waals surface area contributed by atoms with E-state index in [1.807, 2.05) is 6.07 Å². The topological polar surface area (TPSA) is 65.3 Å². The zero-order valence-corrected chi connectivity index (χ0v) is 11.2. The quantitative estimate of drug-likeness (QED) is 0.786. The second kappa shape index (κ2) is 7.19. The zero-order valence-electron chi connectivity index (χ0n) is 11.2. The third-order valence-electron chi connectivity index (χ3n) is 2.77. The number of benzene rings is 1. The molecule has 0 fully saturated rings. The van der Waals surface area contributed by atoms with Gasteiger partial charge in [0, 0.05) is 33.2 Å². The average molecular weight is 266 g/mol. The molecule has 0 aromatic heterocycles. The maximum atomic E-state index is 13.2. The maximum absolute atomic E-state index is 13.2. The summed E-state index contributed by atoms with van der Waals surface area (Å²) in [4.78, 5) is 0. The largest absolute Gasteiger partial charge is 0.389 e. The first-order valence-corrected chi connectivity index (χ1v) is 6.08. The molecule has 1 rings (SSSR count). The highest BCUT2D eigenvalue weighted by atomic mass is 19.1. The Balaban J connectivity index is 2.49. The number of rotatable bonds is 7. The molecule has 0 amide bonds. The van der Waals surface area contributed by atoms with Crippen LogP contribution in [0.25, 0.3) is 0 Å². The van der Waals surface area contributed by atoms with Crippen molar-refractivity contribution < 1.29 is 14.2 Å². The normalized spacial score (nSPS) is 13.8. The Morgan fingerprint density at radius 2 is 2.21 bits per heavy atom. The number of hydrogen-bond acceptors (Lipinski definition) is 4. The number of ether oxygens (including phenoxy) is 1. The molecule has 19 heavy (non-hydrogen) atoms. The van der Waals surface area contributed by atoms with Crippen LogP contribution in [-0.4, -0.2) is 31.0 Å². The molecule has 0 spiro atoms. The Labute approximate surface area is 112 Å². The van der Waals surface area contributed by atoms with E-state index >= 15 is 0 Å². The first kappa shape index (κ1) is 15.6. The van der Waals surface area contributed by atoms with Gasteiger partial charge in [0.15, 0.2) is 0 Å². The molecule has 0 aliphatic heterocycles. The van der Waals surface area contributed by atoms with Crippen molar-refractivity contribution in [2.24, 2.45) is 0 Å². The minimum atomic E-state index is -0.874. The molecular formula is C14H19FN2O2. The summed E-state index contributed by atoms with van der Waals surface area (Å²) in [6.07, 6.45) is 0.517. The van der Waals surface area contributed by atoms with Crippen LogP contribution >= 0.6 is 0 Å². The van der Waals surface area contributed by atoms with Crippen molar-refractivity contribution in [1.82, 2.24) is 5.32 Å². The standard InChI is InChI=1S/C14H19FN2O2/c1-14(18,3-4-19-2)10-17-9-12-5-11(8-16)6-13(15)7-12/h5-7,17-18H,3-4,9-10H2,1-2H3. The number of nitrogens with one attached hydrogen (secondary N) is 1. The molecule has 4 nitrogen and oxygen atoms in total. The summed E-state index contributed by atoms with van der Waals surface area (Å²) in [6.45, 7) is 2.96. The van der Waals surface area contributed by atoms with Gasteiger partial charge in [-0.3, -0.25) is 0 Å². The number of nitriles is 1. The molecule has 1 aromatic rings. The van der Waals surface area contributed by atoms with Gasteiger partial charge in [0.25, 0.3) is 0 Å². The number of aliphatic hydroxyl groups is 1. The van der Waals surface area contributed by atoms with Crippen LogP contribution in [-0.2, 0) is 11.3 Å². The van der Waals surface area contributed by atoms with Gasteiger partial charge in [0.1, 0.15) is 5.82 Å². The molecule has 0 aliphatic carbocycles. The lowest BCUT2D eigenvalue weighted by molar-refractivity contribution is 0.0247. The Hall–Kier alpha value is -1.48. The highest BCUT2D eigenvalue weighted by molar-refractivity contribution is 5.33. The number of hydrogen-bond donors (Lipinski definition) is 2. The molecule has 0 bridgehead atoms. The Bertz CT molecular complexity index is 455. The van der Waals surface area contributed by atoms with Crippen molar-refractivity contribution in [3.63, 3.8) is 0 Å². The van der Waals surface area contributed by atoms with Gasteiger partial charge in [0.05, 0.1) is 17.2 Å². The van der Waals surface area contributed by atoms with Crippen molar-refractivity contribution >= 4 is 0 Å². The average Bonchev–Trinajstić information content (AvgIpc) is 2.35. The predicted octanol–water partition coefficient (Wildman–Crippen LogP) is 1.57. The van der Waals surface area contributed by atoms with Crippen LogP contribution in [0.3, 0.4) is 0 Å². The third kappa shape index (κ3) is 5.79. The summed E-state index contributed by atoms with van der Waals surface area (Å²) >= 11 is 0. The molecule has 104 valence electrons. The van der Waals surface area contributed by atoms with Gasteiger partial charge >= 0.3 is 0 Å². The molecular weight excluding hydrogens is 247 g/mol. The molecule has 0 saturated heterocycles. The smallest absolute Gasteiger partial charge is 0.124 e. The molecule has 0 aliphatic rings. The summed E-state index contributed by atoms with van der Waals surface area (Å²) < 4.78 is 18.1. The molecule has 1 aromatic carbocycles. The molecule has 0 radical (unpaired) electrons. The Kier molecular flexibility index (Phi) is 5.90.